The molecule has 1 aliphatic heterocycles. The monoisotopic (exact) mass is 291 g/mol. The number of halogens is 1. The number of nitrogens with zero attached hydrogens (tertiary/aromatic N) is 3. The highest BCUT2D eigenvalue weighted by Crippen LogP contribution is 2.31. The molecular weight excluding hydrogens is 270 g/mol. The van der Waals surface area contributed by atoms with Gasteiger partial charge in [0.05, 0.1) is 11.9 Å². The van der Waals surface area contributed by atoms with E-state index in [1.54, 1.807) is 0 Å². The van der Waals surface area contributed by atoms with Gasteiger partial charge in [0.1, 0.15) is 0 Å². The van der Waals surface area contributed by atoms with Gasteiger partial charge in [-0.2, -0.15) is 5.26 Å². The number of rotatable bonds is 4. The zero-order valence-corrected chi connectivity index (χ0v) is 13.3. The third kappa shape index (κ3) is 3.98. The van der Waals surface area contributed by atoms with Gasteiger partial charge in [-0.25, -0.2) is 0 Å². The molecule has 0 bridgehead atoms. The molecule has 0 fully saturated rings. The molecule has 0 aromatic rings. The summed E-state index contributed by atoms with van der Waals surface area (Å²) >= 11 is 5.76. The van der Waals surface area contributed by atoms with Crippen LogP contribution in [0.4, 0.5) is 0 Å². The van der Waals surface area contributed by atoms with Gasteiger partial charge in [0.2, 0.25) is 0 Å². The topological polar surface area (TPSA) is 39.4 Å². The lowest BCUT2D eigenvalue weighted by Gasteiger charge is -2.37. The minimum absolute atomic E-state index is 0.0263. The third-order valence-electron chi connectivity index (χ3n) is 3.42. The highest BCUT2D eigenvalue weighted by molar-refractivity contribution is 6.19. The molecule has 0 aliphatic carbocycles. The van der Waals surface area contributed by atoms with Crippen LogP contribution in [0, 0.1) is 16.7 Å². The van der Waals surface area contributed by atoms with Crippen LogP contribution in [0.2, 0.25) is 0 Å². The highest BCUT2D eigenvalue weighted by Gasteiger charge is 2.25. The van der Waals surface area contributed by atoms with Crippen molar-refractivity contribution in [2.45, 2.75) is 27.2 Å². The molecule has 0 spiro atoms. The molecule has 0 saturated heterocycles. The number of nitriles is 1. The lowest BCUT2D eigenvalue weighted by molar-refractivity contribution is 0.279. The van der Waals surface area contributed by atoms with E-state index in [4.69, 9.17) is 16.9 Å². The molecule has 0 aromatic carbocycles. The number of allylic oxidation sites excluding steroid dienone is 2. The van der Waals surface area contributed by atoms with E-state index < -0.39 is 0 Å². The minimum Gasteiger partial charge on any atom is -0.370 e. The van der Waals surface area contributed by atoms with Crippen LogP contribution in [0.25, 0.3) is 0 Å². The van der Waals surface area contributed by atoms with Gasteiger partial charge < -0.3 is 4.90 Å². The Balaban J connectivity index is 3.05. The van der Waals surface area contributed by atoms with E-state index in [2.05, 4.69) is 50.0 Å². The summed E-state index contributed by atoms with van der Waals surface area (Å²) in [6.45, 7) is 15.8. The van der Waals surface area contributed by atoms with E-state index in [9.17, 15) is 0 Å². The zero-order valence-electron chi connectivity index (χ0n) is 12.5. The van der Waals surface area contributed by atoms with Gasteiger partial charge >= 0.3 is 0 Å². The lowest BCUT2D eigenvalue weighted by Crippen LogP contribution is -2.35. The Hall–Kier alpha value is -1.53. The molecule has 1 rings (SSSR count). The largest absolute Gasteiger partial charge is 0.370 e. The van der Waals surface area contributed by atoms with Gasteiger partial charge in [0.25, 0.3) is 0 Å². The predicted molar refractivity (Wildman–Crippen MR) is 85.8 cm³/mol. The normalized spacial score (nSPS) is 16.9. The number of hydrogen-bond acceptors (Lipinski definition) is 3. The summed E-state index contributed by atoms with van der Waals surface area (Å²) < 4.78 is 0. The van der Waals surface area contributed by atoms with Crippen LogP contribution >= 0.6 is 11.6 Å². The Morgan fingerprint density at radius 1 is 1.55 bits per heavy atom. The Morgan fingerprint density at radius 2 is 2.20 bits per heavy atom. The Labute approximate surface area is 126 Å². The van der Waals surface area contributed by atoms with E-state index in [0.29, 0.717) is 12.1 Å². The first-order chi connectivity index (χ1) is 9.33. The predicted octanol–water partition coefficient (Wildman–Crippen LogP) is 3.90. The fraction of sp³-hybridized carbons (Fsp3) is 0.500. The second kappa shape index (κ2) is 6.76. The molecule has 0 unspecified atom stereocenters. The van der Waals surface area contributed by atoms with Crippen molar-refractivity contribution in [2.24, 2.45) is 10.4 Å². The fourth-order valence-corrected chi connectivity index (χ4v) is 2.24. The van der Waals surface area contributed by atoms with Crippen LogP contribution in [0.3, 0.4) is 0 Å². The molecule has 1 aliphatic rings. The Morgan fingerprint density at radius 3 is 2.65 bits per heavy atom. The zero-order chi connectivity index (χ0) is 15.3. The third-order valence-corrected chi connectivity index (χ3v) is 3.71. The van der Waals surface area contributed by atoms with Crippen LogP contribution in [-0.2, 0) is 0 Å². The molecule has 0 aromatic heterocycles. The molecule has 4 heteroatoms. The molecule has 0 N–H and O–H groups in total. The summed E-state index contributed by atoms with van der Waals surface area (Å²) in [6.07, 6.45) is 2.64. The second-order valence-corrected chi connectivity index (χ2v) is 6.18. The lowest BCUT2D eigenvalue weighted by atomic mass is 9.90. The van der Waals surface area contributed by atoms with Gasteiger partial charge in [-0.1, -0.05) is 27.4 Å². The first kappa shape index (κ1) is 16.5. The molecule has 3 nitrogen and oxygen atoms in total. The van der Waals surface area contributed by atoms with E-state index >= 15 is 0 Å². The van der Waals surface area contributed by atoms with E-state index in [1.165, 1.54) is 0 Å². The molecular formula is C16H22ClN3. The number of aliphatic imine (C=N–C) groups is 1. The van der Waals surface area contributed by atoms with Crippen molar-refractivity contribution >= 4 is 18.3 Å². The summed E-state index contributed by atoms with van der Waals surface area (Å²) in [7, 11) is 0. The van der Waals surface area contributed by atoms with Crippen LogP contribution < -0.4 is 0 Å². The SMILES string of the molecule is C=NC1=C(/C=C(/C#N)CCl)CN(C(=C)C(C)(C)C)CC1. The molecule has 0 saturated carbocycles. The molecule has 0 atom stereocenters. The number of alkyl halides is 1. The van der Waals surface area contributed by atoms with Crippen molar-refractivity contribution in [2.75, 3.05) is 19.0 Å². The maximum absolute atomic E-state index is 9.02. The van der Waals surface area contributed by atoms with Gasteiger partial charge in [0.15, 0.2) is 0 Å². The van der Waals surface area contributed by atoms with Gasteiger partial charge in [-0.15, -0.1) is 11.6 Å². The maximum atomic E-state index is 9.02. The van der Waals surface area contributed by atoms with Crippen molar-refractivity contribution in [3.05, 3.63) is 35.2 Å². The quantitative estimate of drug-likeness (QED) is 0.448. The molecule has 0 amide bonds. The van der Waals surface area contributed by atoms with E-state index in [0.717, 1.165) is 29.9 Å². The average molecular weight is 292 g/mol. The van der Waals surface area contributed by atoms with Crippen LogP contribution in [-0.4, -0.2) is 30.6 Å². The fourth-order valence-electron chi connectivity index (χ4n) is 2.10. The summed E-state index contributed by atoms with van der Waals surface area (Å²) in [6, 6.07) is 2.11. The van der Waals surface area contributed by atoms with E-state index in [-0.39, 0.29) is 11.3 Å². The summed E-state index contributed by atoms with van der Waals surface area (Å²) in [5.74, 6) is 0.213. The van der Waals surface area contributed by atoms with Crippen LogP contribution in [0.15, 0.2) is 40.2 Å². The van der Waals surface area contributed by atoms with Crippen molar-refractivity contribution < 1.29 is 0 Å². The van der Waals surface area contributed by atoms with Crippen molar-refractivity contribution in [1.82, 2.24) is 4.90 Å². The summed E-state index contributed by atoms with van der Waals surface area (Å²) in [4.78, 5) is 6.32. The van der Waals surface area contributed by atoms with Gasteiger partial charge in [-0.05, 0) is 18.4 Å². The van der Waals surface area contributed by atoms with Crippen molar-refractivity contribution in [3.63, 3.8) is 0 Å². The summed E-state index contributed by atoms with van der Waals surface area (Å²) in [5.41, 5.74) is 3.62. The molecule has 1 heterocycles. The second-order valence-electron chi connectivity index (χ2n) is 5.91. The smallest absolute Gasteiger partial charge is 0.0959 e. The van der Waals surface area contributed by atoms with Gasteiger partial charge in [-0.3, -0.25) is 4.99 Å². The van der Waals surface area contributed by atoms with Crippen molar-refractivity contribution in [3.8, 4) is 6.07 Å². The summed E-state index contributed by atoms with van der Waals surface area (Å²) in [5, 5.41) is 9.02. The van der Waals surface area contributed by atoms with Crippen LogP contribution in [0.1, 0.15) is 27.2 Å². The Bertz CT molecular complexity index is 501. The molecule has 0 radical (unpaired) electrons. The number of hydrogen-bond donors (Lipinski definition) is 0. The van der Waals surface area contributed by atoms with Crippen molar-refractivity contribution in [1.29, 1.82) is 5.26 Å². The molecule has 20 heavy (non-hydrogen) atoms. The van der Waals surface area contributed by atoms with Gasteiger partial charge in [0, 0.05) is 41.9 Å². The van der Waals surface area contributed by atoms with E-state index in [1.807, 2.05) is 6.08 Å². The average Bonchev–Trinajstić information content (AvgIpc) is 2.42. The highest BCUT2D eigenvalue weighted by atomic mass is 35.5. The minimum atomic E-state index is 0.0263. The standard InChI is InChI=1S/C16H22ClN3/c1-12(16(2,3)4)20-7-6-15(19-5)14(11-20)8-13(9-17)10-18/h8H,1,5-7,9,11H2,2-4H3/b13-8+. The first-order valence-corrected chi connectivity index (χ1v) is 7.16. The maximum Gasteiger partial charge on any atom is 0.0959 e. The van der Waals surface area contributed by atoms with Crippen LogP contribution in [0.5, 0.6) is 0 Å². The first-order valence-electron chi connectivity index (χ1n) is 6.63. The molecule has 108 valence electrons. The Kier molecular flexibility index (Phi) is 5.59.